The molecule has 12 heavy (non-hydrogen) atoms. The third-order valence-electron chi connectivity index (χ3n) is 1.85. The summed E-state index contributed by atoms with van der Waals surface area (Å²) in [5, 5.41) is 13.5. The van der Waals surface area contributed by atoms with Gasteiger partial charge in [0.2, 0.25) is 0 Å². The first-order valence-corrected chi connectivity index (χ1v) is 5.14. The van der Waals surface area contributed by atoms with Gasteiger partial charge in [-0.1, -0.05) is 0 Å². The largest absolute Gasteiger partial charge is 0.382 e. The van der Waals surface area contributed by atoms with E-state index >= 15 is 0 Å². The molecule has 0 bridgehead atoms. The Hall–Kier alpha value is -0.710. The molecule has 1 fully saturated rings. The van der Waals surface area contributed by atoms with E-state index in [1.165, 1.54) is 0 Å². The fraction of sp³-hybridized carbons (Fsp3) is 0.714. The van der Waals surface area contributed by atoms with Crippen LogP contribution >= 0.6 is 11.8 Å². The fourth-order valence-electron chi connectivity index (χ4n) is 1.28. The molecule has 0 aromatic heterocycles. The molecule has 0 aromatic rings. The van der Waals surface area contributed by atoms with Crippen LogP contribution in [0.4, 0.5) is 0 Å². The predicted molar refractivity (Wildman–Crippen MR) is 49.6 cm³/mol. The summed E-state index contributed by atoms with van der Waals surface area (Å²) in [5.74, 6) is 0. The minimum Gasteiger partial charge on any atom is -0.382 e. The van der Waals surface area contributed by atoms with Crippen LogP contribution in [0, 0.1) is 10.1 Å². The molecule has 0 saturated carbocycles. The molecule has 1 saturated heterocycles. The van der Waals surface area contributed by atoms with Crippen molar-refractivity contribution in [2.45, 2.75) is 18.1 Å². The molecule has 1 aliphatic heterocycles. The molecular formula is C7H12N2O2S. The molecule has 68 valence electrons. The van der Waals surface area contributed by atoms with Crippen LogP contribution in [0.5, 0.6) is 0 Å². The lowest BCUT2D eigenvalue weighted by Crippen LogP contribution is -2.29. The van der Waals surface area contributed by atoms with Gasteiger partial charge >= 0.3 is 0 Å². The van der Waals surface area contributed by atoms with Crippen molar-refractivity contribution >= 4 is 11.8 Å². The predicted octanol–water partition coefficient (Wildman–Crippen LogP) is 1.22. The Labute approximate surface area is 75.6 Å². The Bertz CT molecular complexity index is 206. The van der Waals surface area contributed by atoms with E-state index < -0.39 is 4.92 Å². The first-order valence-electron chi connectivity index (χ1n) is 3.86. The highest BCUT2D eigenvalue weighted by atomic mass is 32.2. The standard InChI is InChI=1S/C7H12N2O2S/c1-12-7-3-2-4-8-6(7)5-9(10)11/h5,7-8H,2-4H2,1H3. The smallest absolute Gasteiger partial charge is 0.254 e. The second-order valence-electron chi connectivity index (χ2n) is 2.66. The lowest BCUT2D eigenvalue weighted by atomic mass is 10.1. The van der Waals surface area contributed by atoms with Crippen molar-refractivity contribution in [3.63, 3.8) is 0 Å². The Balaban J connectivity index is 2.64. The van der Waals surface area contributed by atoms with Crippen LogP contribution < -0.4 is 5.32 Å². The van der Waals surface area contributed by atoms with Gasteiger partial charge in [-0.15, -0.1) is 0 Å². The Morgan fingerprint density at radius 2 is 2.58 bits per heavy atom. The molecule has 0 radical (unpaired) electrons. The van der Waals surface area contributed by atoms with Gasteiger partial charge in [-0.05, 0) is 19.1 Å². The molecule has 0 aliphatic carbocycles. The van der Waals surface area contributed by atoms with Gasteiger partial charge in [-0.2, -0.15) is 11.8 Å². The second-order valence-corrected chi connectivity index (χ2v) is 3.70. The maximum absolute atomic E-state index is 10.2. The molecule has 1 atom stereocenters. The fourth-order valence-corrected chi connectivity index (χ4v) is 2.08. The molecular weight excluding hydrogens is 176 g/mol. The Morgan fingerprint density at radius 1 is 1.83 bits per heavy atom. The summed E-state index contributed by atoms with van der Waals surface area (Å²) in [5.41, 5.74) is 0.763. The number of nitrogens with zero attached hydrogens (tertiary/aromatic N) is 1. The number of thioether (sulfide) groups is 1. The summed E-state index contributed by atoms with van der Waals surface area (Å²) >= 11 is 1.66. The molecule has 5 heteroatoms. The van der Waals surface area contributed by atoms with Crippen LogP contribution in [0.1, 0.15) is 12.8 Å². The quantitative estimate of drug-likeness (QED) is 0.523. The Kier molecular flexibility index (Phi) is 3.40. The molecule has 0 aromatic carbocycles. The third kappa shape index (κ3) is 2.41. The van der Waals surface area contributed by atoms with E-state index in [1.54, 1.807) is 11.8 Å². The van der Waals surface area contributed by atoms with Gasteiger partial charge in [-0.25, -0.2) is 0 Å². The van der Waals surface area contributed by atoms with Crippen molar-refractivity contribution in [2.24, 2.45) is 0 Å². The van der Waals surface area contributed by atoms with Gasteiger partial charge in [0.25, 0.3) is 6.20 Å². The van der Waals surface area contributed by atoms with Crippen molar-refractivity contribution in [1.82, 2.24) is 5.32 Å². The SMILES string of the molecule is CSC1CCCNC1=C[N+](=O)[O-]. The number of hydrogen-bond acceptors (Lipinski definition) is 4. The van der Waals surface area contributed by atoms with E-state index in [4.69, 9.17) is 0 Å². The topological polar surface area (TPSA) is 55.2 Å². The zero-order valence-corrected chi connectivity index (χ0v) is 7.76. The molecule has 0 amide bonds. The maximum Gasteiger partial charge on any atom is 0.254 e. The van der Waals surface area contributed by atoms with Crippen molar-refractivity contribution in [3.05, 3.63) is 22.0 Å². The van der Waals surface area contributed by atoms with E-state index in [0.29, 0.717) is 0 Å². The Morgan fingerprint density at radius 3 is 3.17 bits per heavy atom. The zero-order valence-electron chi connectivity index (χ0n) is 6.95. The third-order valence-corrected chi connectivity index (χ3v) is 2.91. The highest BCUT2D eigenvalue weighted by Gasteiger charge is 2.19. The number of piperidine rings is 1. The van der Waals surface area contributed by atoms with Gasteiger partial charge in [0.05, 0.1) is 15.9 Å². The summed E-state index contributed by atoms with van der Waals surface area (Å²) in [6.45, 7) is 0.858. The van der Waals surface area contributed by atoms with Crippen LogP contribution in [0.2, 0.25) is 0 Å². The summed E-state index contributed by atoms with van der Waals surface area (Å²) in [4.78, 5) is 9.82. The zero-order chi connectivity index (χ0) is 8.97. The van der Waals surface area contributed by atoms with E-state index in [0.717, 1.165) is 31.3 Å². The first-order chi connectivity index (χ1) is 5.74. The van der Waals surface area contributed by atoms with Crippen LogP contribution in [0.3, 0.4) is 0 Å². The van der Waals surface area contributed by atoms with Crippen molar-refractivity contribution < 1.29 is 4.92 Å². The molecule has 1 N–H and O–H groups in total. The van der Waals surface area contributed by atoms with Crippen LogP contribution in [0.15, 0.2) is 11.9 Å². The lowest BCUT2D eigenvalue weighted by Gasteiger charge is -2.23. The summed E-state index contributed by atoms with van der Waals surface area (Å²) in [6, 6.07) is 0. The first kappa shape index (κ1) is 9.38. The number of nitro groups is 1. The molecule has 0 spiro atoms. The number of nitrogens with one attached hydrogen (secondary N) is 1. The normalized spacial score (nSPS) is 26.8. The summed E-state index contributed by atoms with van der Waals surface area (Å²) in [7, 11) is 0. The average molecular weight is 188 g/mol. The molecule has 1 aliphatic rings. The molecule has 1 rings (SSSR count). The average Bonchev–Trinajstić information content (AvgIpc) is 2.04. The highest BCUT2D eigenvalue weighted by Crippen LogP contribution is 2.23. The van der Waals surface area contributed by atoms with Gasteiger partial charge in [0.15, 0.2) is 0 Å². The number of rotatable bonds is 2. The van der Waals surface area contributed by atoms with Gasteiger partial charge < -0.3 is 5.32 Å². The molecule has 1 heterocycles. The van der Waals surface area contributed by atoms with Crippen molar-refractivity contribution in [3.8, 4) is 0 Å². The van der Waals surface area contributed by atoms with E-state index in [2.05, 4.69) is 5.32 Å². The van der Waals surface area contributed by atoms with E-state index in [1.807, 2.05) is 6.26 Å². The van der Waals surface area contributed by atoms with Gasteiger partial charge in [-0.3, -0.25) is 10.1 Å². The van der Waals surface area contributed by atoms with E-state index in [9.17, 15) is 10.1 Å². The van der Waals surface area contributed by atoms with Crippen LogP contribution in [-0.4, -0.2) is 23.0 Å². The van der Waals surface area contributed by atoms with E-state index in [-0.39, 0.29) is 5.25 Å². The molecule has 4 nitrogen and oxygen atoms in total. The molecule has 1 unspecified atom stereocenters. The lowest BCUT2D eigenvalue weighted by molar-refractivity contribution is -0.403. The maximum atomic E-state index is 10.2. The van der Waals surface area contributed by atoms with Crippen molar-refractivity contribution in [2.75, 3.05) is 12.8 Å². The van der Waals surface area contributed by atoms with Gasteiger partial charge in [0.1, 0.15) is 0 Å². The van der Waals surface area contributed by atoms with Crippen LogP contribution in [0.25, 0.3) is 0 Å². The minimum absolute atomic E-state index is 0.282. The summed E-state index contributed by atoms with van der Waals surface area (Å²) in [6.07, 6.45) is 5.19. The highest BCUT2D eigenvalue weighted by molar-refractivity contribution is 7.99. The summed E-state index contributed by atoms with van der Waals surface area (Å²) < 4.78 is 0. The van der Waals surface area contributed by atoms with Gasteiger partial charge in [0, 0.05) is 6.54 Å². The van der Waals surface area contributed by atoms with Crippen molar-refractivity contribution in [1.29, 1.82) is 0 Å². The monoisotopic (exact) mass is 188 g/mol. The number of hydrogen-bond donors (Lipinski definition) is 1. The second kappa shape index (κ2) is 4.35. The van der Waals surface area contributed by atoms with Crippen LogP contribution in [-0.2, 0) is 0 Å². The minimum atomic E-state index is -0.392.